The molecule has 2 aliphatic rings. The van der Waals surface area contributed by atoms with Crippen LogP contribution in [0.5, 0.6) is 0 Å². The highest BCUT2D eigenvalue weighted by atomic mass is 79.9. The van der Waals surface area contributed by atoms with Crippen molar-refractivity contribution in [3.05, 3.63) is 0 Å². The van der Waals surface area contributed by atoms with Crippen molar-refractivity contribution in [2.75, 3.05) is 25.0 Å². The number of rotatable bonds is 3. The molecule has 0 bridgehead atoms. The van der Waals surface area contributed by atoms with E-state index in [0.717, 1.165) is 11.9 Å². The van der Waals surface area contributed by atoms with Crippen LogP contribution < -0.4 is 0 Å². The van der Waals surface area contributed by atoms with Crippen molar-refractivity contribution in [2.45, 2.75) is 31.5 Å². The molecular formula is C10H18BrNO2. The lowest BCUT2D eigenvalue weighted by Gasteiger charge is -2.43. The fourth-order valence-electron chi connectivity index (χ4n) is 2.46. The summed E-state index contributed by atoms with van der Waals surface area (Å²) in [5.74, 6) is 0. The molecule has 1 aliphatic heterocycles. The molecule has 1 saturated carbocycles. The summed E-state index contributed by atoms with van der Waals surface area (Å²) >= 11 is 3.57. The van der Waals surface area contributed by atoms with E-state index >= 15 is 0 Å². The van der Waals surface area contributed by atoms with Crippen molar-refractivity contribution < 1.29 is 10.2 Å². The van der Waals surface area contributed by atoms with Gasteiger partial charge in [-0.25, -0.2) is 0 Å². The molecule has 0 spiro atoms. The van der Waals surface area contributed by atoms with Crippen molar-refractivity contribution in [3.63, 3.8) is 0 Å². The van der Waals surface area contributed by atoms with Gasteiger partial charge in [0.05, 0.1) is 12.2 Å². The minimum Gasteiger partial charge on any atom is -0.389 e. The van der Waals surface area contributed by atoms with E-state index in [-0.39, 0.29) is 0 Å². The highest BCUT2D eigenvalue weighted by Crippen LogP contribution is 2.43. The smallest absolute Gasteiger partial charge is 0.0938 e. The SMILES string of the molecule is OC1CN(CC2(CBr)CCC2)CC1O. The normalized spacial score (nSPS) is 37.1. The van der Waals surface area contributed by atoms with E-state index < -0.39 is 12.2 Å². The molecule has 0 radical (unpaired) electrons. The molecule has 1 saturated heterocycles. The number of hydrogen-bond donors (Lipinski definition) is 2. The van der Waals surface area contributed by atoms with Gasteiger partial charge in [0.25, 0.3) is 0 Å². The molecule has 1 heterocycles. The number of halogens is 1. The van der Waals surface area contributed by atoms with Gasteiger partial charge in [0.15, 0.2) is 0 Å². The molecule has 2 unspecified atom stereocenters. The Hall–Kier alpha value is 0.360. The Kier molecular flexibility index (Phi) is 3.17. The zero-order chi connectivity index (χ0) is 10.2. The van der Waals surface area contributed by atoms with Crippen LogP contribution in [0, 0.1) is 5.41 Å². The maximum atomic E-state index is 9.42. The summed E-state index contributed by atoms with van der Waals surface area (Å²) < 4.78 is 0. The molecule has 2 rings (SSSR count). The maximum absolute atomic E-state index is 9.42. The number of aliphatic hydroxyl groups is 2. The van der Waals surface area contributed by atoms with Crippen molar-refractivity contribution in [3.8, 4) is 0 Å². The van der Waals surface area contributed by atoms with E-state index in [1.54, 1.807) is 0 Å². The van der Waals surface area contributed by atoms with Crippen LogP contribution in [-0.2, 0) is 0 Å². The third kappa shape index (κ3) is 1.98. The van der Waals surface area contributed by atoms with Crippen LogP contribution in [0.4, 0.5) is 0 Å². The lowest BCUT2D eigenvalue weighted by atomic mass is 9.70. The lowest BCUT2D eigenvalue weighted by Crippen LogP contribution is -2.43. The highest BCUT2D eigenvalue weighted by Gasteiger charge is 2.40. The second-order valence-corrected chi connectivity index (χ2v) is 5.38. The topological polar surface area (TPSA) is 43.7 Å². The van der Waals surface area contributed by atoms with E-state index in [1.807, 2.05) is 0 Å². The molecule has 0 aromatic carbocycles. The number of likely N-dealkylation sites (tertiary alicyclic amines) is 1. The van der Waals surface area contributed by atoms with Gasteiger partial charge in [-0.2, -0.15) is 0 Å². The molecule has 82 valence electrons. The summed E-state index contributed by atoms with van der Waals surface area (Å²) in [6.07, 6.45) is 2.80. The summed E-state index contributed by atoms with van der Waals surface area (Å²) in [5.41, 5.74) is 0.420. The quantitative estimate of drug-likeness (QED) is 0.733. The van der Waals surface area contributed by atoms with Gasteiger partial charge in [-0.3, -0.25) is 4.90 Å². The number of hydrogen-bond acceptors (Lipinski definition) is 3. The van der Waals surface area contributed by atoms with Crippen LogP contribution in [0.2, 0.25) is 0 Å². The van der Waals surface area contributed by atoms with Crippen molar-refractivity contribution in [1.29, 1.82) is 0 Å². The van der Waals surface area contributed by atoms with Crippen LogP contribution >= 0.6 is 15.9 Å². The summed E-state index contributed by atoms with van der Waals surface area (Å²) in [7, 11) is 0. The van der Waals surface area contributed by atoms with Gasteiger partial charge in [-0.1, -0.05) is 22.4 Å². The molecule has 14 heavy (non-hydrogen) atoms. The second kappa shape index (κ2) is 4.08. The van der Waals surface area contributed by atoms with Crippen LogP contribution in [0.1, 0.15) is 19.3 Å². The molecule has 2 N–H and O–H groups in total. The first-order valence-corrected chi connectivity index (χ1v) is 6.42. The minimum absolute atomic E-state index is 0.420. The van der Waals surface area contributed by atoms with Crippen molar-refractivity contribution in [2.24, 2.45) is 5.41 Å². The van der Waals surface area contributed by atoms with Crippen LogP contribution in [0.25, 0.3) is 0 Å². The highest BCUT2D eigenvalue weighted by molar-refractivity contribution is 9.09. The summed E-state index contributed by atoms with van der Waals surface area (Å²) in [6.45, 7) is 2.29. The fraction of sp³-hybridized carbons (Fsp3) is 1.00. The van der Waals surface area contributed by atoms with Gasteiger partial charge in [-0.05, 0) is 18.3 Å². The van der Waals surface area contributed by atoms with Crippen molar-refractivity contribution in [1.82, 2.24) is 4.90 Å². The van der Waals surface area contributed by atoms with E-state index in [4.69, 9.17) is 0 Å². The molecular weight excluding hydrogens is 246 g/mol. The van der Waals surface area contributed by atoms with E-state index in [2.05, 4.69) is 20.8 Å². The Labute approximate surface area is 93.2 Å². The average Bonchev–Trinajstić information content (AvgIpc) is 2.39. The summed E-state index contributed by atoms with van der Waals surface area (Å²) in [6, 6.07) is 0. The minimum atomic E-state index is -0.539. The predicted octanol–water partition coefficient (Wildman–Crippen LogP) is 0.589. The van der Waals surface area contributed by atoms with Crippen molar-refractivity contribution >= 4 is 15.9 Å². The molecule has 0 aromatic rings. The second-order valence-electron chi connectivity index (χ2n) is 4.82. The maximum Gasteiger partial charge on any atom is 0.0938 e. The first kappa shape index (κ1) is 10.9. The Morgan fingerprint density at radius 2 is 1.79 bits per heavy atom. The Balaban J connectivity index is 1.86. The number of alkyl halides is 1. The van der Waals surface area contributed by atoms with Gasteiger partial charge >= 0.3 is 0 Å². The van der Waals surface area contributed by atoms with E-state index in [1.165, 1.54) is 19.3 Å². The number of aliphatic hydroxyl groups excluding tert-OH is 2. The zero-order valence-corrected chi connectivity index (χ0v) is 9.91. The monoisotopic (exact) mass is 263 g/mol. The molecule has 4 heteroatoms. The molecule has 3 nitrogen and oxygen atoms in total. The lowest BCUT2D eigenvalue weighted by molar-refractivity contribution is 0.0572. The Bertz CT molecular complexity index is 193. The molecule has 0 amide bonds. The Morgan fingerprint density at radius 3 is 2.14 bits per heavy atom. The standard InChI is InChI=1S/C10H18BrNO2/c11-6-10(2-1-3-10)7-12-4-8(13)9(14)5-12/h8-9,13-14H,1-7H2. The fourth-order valence-corrected chi connectivity index (χ4v) is 3.20. The third-order valence-electron chi connectivity index (χ3n) is 3.59. The van der Waals surface area contributed by atoms with Gasteiger partial charge in [0, 0.05) is 25.0 Å². The van der Waals surface area contributed by atoms with E-state index in [9.17, 15) is 10.2 Å². The van der Waals surface area contributed by atoms with Crippen LogP contribution in [-0.4, -0.2) is 52.3 Å². The first-order chi connectivity index (χ1) is 6.65. The number of nitrogens with zero attached hydrogens (tertiary/aromatic N) is 1. The van der Waals surface area contributed by atoms with Gasteiger partial charge in [0.2, 0.25) is 0 Å². The predicted molar refractivity (Wildman–Crippen MR) is 58.5 cm³/mol. The average molecular weight is 264 g/mol. The summed E-state index contributed by atoms with van der Waals surface area (Å²) in [4.78, 5) is 2.19. The largest absolute Gasteiger partial charge is 0.389 e. The molecule has 0 aromatic heterocycles. The van der Waals surface area contributed by atoms with Crippen LogP contribution in [0.15, 0.2) is 0 Å². The third-order valence-corrected chi connectivity index (χ3v) is 4.78. The zero-order valence-electron chi connectivity index (χ0n) is 8.32. The summed E-state index contributed by atoms with van der Waals surface area (Å²) in [5, 5.41) is 19.9. The first-order valence-electron chi connectivity index (χ1n) is 5.30. The van der Waals surface area contributed by atoms with Crippen LogP contribution in [0.3, 0.4) is 0 Å². The van der Waals surface area contributed by atoms with Gasteiger partial charge in [0.1, 0.15) is 0 Å². The van der Waals surface area contributed by atoms with Gasteiger partial charge in [-0.15, -0.1) is 0 Å². The van der Waals surface area contributed by atoms with Gasteiger partial charge < -0.3 is 10.2 Å². The molecule has 2 atom stereocenters. The molecule has 1 aliphatic carbocycles. The van der Waals surface area contributed by atoms with E-state index in [0.29, 0.717) is 18.5 Å². The molecule has 2 fully saturated rings. The Morgan fingerprint density at radius 1 is 1.21 bits per heavy atom. The number of β-amino-alcohol motifs (C(OH)–C–C–N with tert-alkyl or cyclic N) is 2.